The predicted molar refractivity (Wildman–Crippen MR) is 143 cm³/mol. The number of benzene rings is 2. The Hall–Kier alpha value is -2.09. The summed E-state index contributed by atoms with van der Waals surface area (Å²) in [4.78, 5) is 17.6. The summed E-state index contributed by atoms with van der Waals surface area (Å²) in [6.07, 6.45) is 5.50. The van der Waals surface area contributed by atoms with Gasteiger partial charge >= 0.3 is 0 Å². The third-order valence-corrected chi connectivity index (χ3v) is 8.53. The van der Waals surface area contributed by atoms with Crippen LogP contribution in [0.25, 0.3) is 6.08 Å². The molecule has 0 amide bonds. The minimum atomic E-state index is 0.0523. The number of hydrazone groups is 1. The maximum atomic E-state index is 12.1. The molecule has 5 rings (SSSR count). The fourth-order valence-corrected chi connectivity index (χ4v) is 6.20. The number of aromatic nitrogens is 1. The molecule has 2 aromatic carbocycles. The smallest absolute Gasteiger partial charge is 0.207 e. The minimum Gasteiger partial charge on any atom is -0.294 e. The van der Waals surface area contributed by atoms with Crippen molar-refractivity contribution in [1.82, 2.24) is 4.98 Å². The van der Waals surface area contributed by atoms with Gasteiger partial charge in [-0.25, -0.2) is 9.99 Å². The Balaban J connectivity index is 1.60. The molecule has 0 N–H and O–H groups in total. The molecule has 7 heteroatoms. The molecule has 2 atom stereocenters. The molecular formula is C26H23Br2N3OS. The SMILES string of the molecule is CC(=O)c1sc(N2N=C3C(=Cc4ccc(Br)cc4)CCCC3C2c2ccc(Br)cc2)nc1C. The van der Waals surface area contributed by atoms with Gasteiger partial charge in [0.1, 0.15) is 0 Å². The van der Waals surface area contributed by atoms with E-state index in [1.807, 2.05) is 6.92 Å². The molecule has 168 valence electrons. The second-order valence-electron chi connectivity index (χ2n) is 8.51. The molecular weight excluding hydrogens is 562 g/mol. The van der Waals surface area contributed by atoms with E-state index in [1.54, 1.807) is 6.92 Å². The third-order valence-electron chi connectivity index (χ3n) is 6.23. The van der Waals surface area contributed by atoms with E-state index in [0.717, 1.165) is 44.7 Å². The number of rotatable bonds is 4. The number of hydrogen-bond acceptors (Lipinski definition) is 5. The molecule has 0 saturated heterocycles. The predicted octanol–water partition coefficient (Wildman–Crippen LogP) is 7.98. The van der Waals surface area contributed by atoms with Crippen molar-refractivity contribution in [2.75, 3.05) is 5.01 Å². The standard InChI is InChI=1S/C26H23Br2N3OS/c1-15-25(16(2)32)33-26(29-15)31-24(18-8-12-21(28)13-9-18)22-5-3-4-19(23(22)30-31)14-17-6-10-20(27)11-7-17/h6-14,22,24H,3-5H2,1-2H3. The average molecular weight is 585 g/mol. The third kappa shape index (κ3) is 4.51. The van der Waals surface area contributed by atoms with Crippen LogP contribution in [-0.4, -0.2) is 16.5 Å². The number of hydrogen-bond donors (Lipinski definition) is 0. The fourth-order valence-electron chi connectivity index (χ4n) is 4.72. The number of thiazole rings is 1. The van der Waals surface area contributed by atoms with E-state index in [-0.39, 0.29) is 17.7 Å². The maximum Gasteiger partial charge on any atom is 0.207 e. The molecule has 0 radical (unpaired) electrons. The van der Waals surface area contributed by atoms with E-state index in [2.05, 4.69) is 91.5 Å². The highest BCUT2D eigenvalue weighted by Crippen LogP contribution is 2.47. The average Bonchev–Trinajstić information content (AvgIpc) is 3.37. The van der Waals surface area contributed by atoms with E-state index in [9.17, 15) is 4.79 Å². The Labute approximate surface area is 214 Å². The summed E-state index contributed by atoms with van der Waals surface area (Å²) in [7, 11) is 0. The van der Waals surface area contributed by atoms with Crippen LogP contribution < -0.4 is 5.01 Å². The van der Waals surface area contributed by atoms with Crippen molar-refractivity contribution < 1.29 is 4.79 Å². The number of fused-ring (bicyclic) bond motifs is 1. The number of aryl methyl sites for hydroxylation is 1. The Morgan fingerprint density at radius 3 is 2.39 bits per heavy atom. The van der Waals surface area contributed by atoms with E-state index in [4.69, 9.17) is 10.1 Å². The van der Waals surface area contributed by atoms with Crippen LogP contribution in [0.4, 0.5) is 5.13 Å². The molecule has 2 aliphatic rings. The van der Waals surface area contributed by atoms with Crippen molar-refractivity contribution in [2.24, 2.45) is 11.0 Å². The molecule has 1 saturated carbocycles. The number of nitrogens with zero attached hydrogens (tertiary/aromatic N) is 3. The first-order chi connectivity index (χ1) is 15.9. The maximum absolute atomic E-state index is 12.1. The topological polar surface area (TPSA) is 45.6 Å². The van der Waals surface area contributed by atoms with Crippen LogP contribution >= 0.6 is 43.2 Å². The van der Waals surface area contributed by atoms with E-state index >= 15 is 0 Å². The quantitative estimate of drug-likeness (QED) is 0.292. The van der Waals surface area contributed by atoms with Gasteiger partial charge in [0.25, 0.3) is 0 Å². The lowest BCUT2D eigenvalue weighted by molar-refractivity contribution is 0.102. The number of Topliss-reactive ketones (excluding diaryl/α,β-unsaturated/α-hetero) is 1. The summed E-state index contributed by atoms with van der Waals surface area (Å²) in [5.41, 5.74) is 5.61. The lowest BCUT2D eigenvalue weighted by atomic mass is 9.77. The molecule has 1 aliphatic heterocycles. The van der Waals surface area contributed by atoms with Crippen molar-refractivity contribution in [2.45, 2.75) is 39.2 Å². The number of allylic oxidation sites excluding steroid dienone is 1. The van der Waals surface area contributed by atoms with Gasteiger partial charge < -0.3 is 0 Å². The van der Waals surface area contributed by atoms with Gasteiger partial charge in [0, 0.05) is 21.8 Å². The molecule has 4 nitrogen and oxygen atoms in total. The number of carbonyl (C=O) groups is 1. The van der Waals surface area contributed by atoms with Crippen LogP contribution in [0.1, 0.15) is 58.7 Å². The monoisotopic (exact) mass is 583 g/mol. The Bertz CT molecular complexity index is 1260. The second kappa shape index (κ2) is 9.28. The summed E-state index contributed by atoms with van der Waals surface area (Å²) in [6, 6.07) is 17.0. The molecule has 3 aromatic rings. The van der Waals surface area contributed by atoms with Gasteiger partial charge in [-0.15, -0.1) is 0 Å². The van der Waals surface area contributed by atoms with Gasteiger partial charge in [-0.2, -0.15) is 5.10 Å². The highest BCUT2D eigenvalue weighted by atomic mass is 79.9. The van der Waals surface area contributed by atoms with E-state index in [0.29, 0.717) is 4.88 Å². The molecule has 0 bridgehead atoms. The first-order valence-corrected chi connectivity index (χ1v) is 13.4. The van der Waals surface area contributed by atoms with Crippen LogP contribution in [0.5, 0.6) is 0 Å². The lowest BCUT2D eigenvalue weighted by Gasteiger charge is -2.29. The van der Waals surface area contributed by atoms with Crippen molar-refractivity contribution in [3.05, 3.63) is 84.7 Å². The highest BCUT2D eigenvalue weighted by molar-refractivity contribution is 9.10. The van der Waals surface area contributed by atoms with Crippen LogP contribution in [0.3, 0.4) is 0 Å². The number of anilines is 1. The lowest BCUT2D eigenvalue weighted by Crippen LogP contribution is -2.28. The largest absolute Gasteiger partial charge is 0.294 e. The zero-order chi connectivity index (χ0) is 23.1. The zero-order valence-corrected chi connectivity index (χ0v) is 22.4. The Morgan fingerprint density at radius 1 is 1.09 bits per heavy atom. The number of halogens is 2. The molecule has 2 unspecified atom stereocenters. The van der Waals surface area contributed by atoms with Gasteiger partial charge in [0.2, 0.25) is 5.13 Å². The second-order valence-corrected chi connectivity index (χ2v) is 11.3. The summed E-state index contributed by atoms with van der Waals surface area (Å²) >= 11 is 8.53. The zero-order valence-electron chi connectivity index (χ0n) is 18.4. The van der Waals surface area contributed by atoms with Crippen molar-refractivity contribution in [3.8, 4) is 0 Å². The summed E-state index contributed by atoms with van der Waals surface area (Å²) < 4.78 is 2.13. The first kappa shape index (κ1) is 22.7. The summed E-state index contributed by atoms with van der Waals surface area (Å²) in [6.45, 7) is 3.51. The Kier molecular flexibility index (Phi) is 6.38. The molecule has 1 aromatic heterocycles. The molecule has 1 fully saturated rings. The Morgan fingerprint density at radius 2 is 1.76 bits per heavy atom. The van der Waals surface area contributed by atoms with Gasteiger partial charge in [-0.1, -0.05) is 67.5 Å². The fraction of sp³-hybridized carbons (Fsp3) is 0.269. The molecule has 2 heterocycles. The van der Waals surface area contributed by atoms with Crippen molar-refractivity contribution in [3.63, 3.8) is 0 Å². The molecule has 0 spiro atoms. The molecule has 1 aliphatic carbocycles. The van der Waals surface area contributed by atoms with Crippen LogP contribution in [0.15, 0.2) is 68.2 Å². The number of carbonyl (C=O) groups excluding carboxylic acids is 1. The van der Waals surface area contributed by atoms with Gasteiger partial charge in [0.05, 0.1) is 22.3 Å². The van der Waals surface area contributed by atoms with Crippen molar-refractivity contribution in [1.29, 1.82) is 0 Å². The van der Waals surface area contributed by atoms with E-state index < -0.39 is 0 Å². The summed E-state index contributed by atoms with van der Waals surface area (Å²) in [5, 5.41) is 8.02. The molecule has 33 heavy (non-hydrogen) atoms. The van der Waals surface area contributed by atoms with Gasteiger partial charge in [-0.05, 0) is 73.2 Å². The minimum absolute atomic E-state index is 0.0523. The van der Waals surface area contributed by atoms with Crippen LogP contribution in [0, 0.1) is 12.8 Å². The van der Waals surface area contributed by atoms with Crippen molar-refractivity contribution >= 4 is 65.9 Å². The normalized spacial score (nSPS) is 21.3. The highest BCUT2D eigenvalue weighted by Gasteiger charge is 2.43. The van der Waals surface area contributed by atoms with Gasteiger partial charge in [0.15, 0.2) is 5.78 Å². The number of ketones is 1. The van der Waals surface area contributed by atoms with Gasteiger partial charge in [-0.3, -0.25) is 4.79 Å². The van der Waals surface area contributed by atoms with Crippen LogP contribution in [-0.2, 0) is 0 Å². The first-order valence-electron chi connectivity index (χ1n) is 11.0. The summed E-state index contributed by atoms with van der Waals surface area (Å²) in [5.74, 6) is 0.336. The van der Waals surface area contributed by atoms with Crippen LogP contribution in [0.2, 0.25) is 0 Å². The van der Waals surface area contributed by atoms with E-state index in [1.165, 1.54) is 28.0 Å².